The third kappa shape index (κ3) is 5.65. The summed E-state index contributed by atoms with van der Waals surface area (Å²) in [6.45, 7) is -1.49. The minimum absolute atomic E-state index is 0.0159. The molecule has 0 bridgehead atoms. The molecular weight excluding hydrogens is 376 g/mol. The maximum atomic E-state index is 12.0. The van der Waals surface area contributed by atoms with E-state index < -0.39 is 47.9 Å². The Bertz CT molecular complexity index is 462. The van der Waals surface area contributed by atoms with E-state index in [1.165, 1.54) is 0 Å². The SMILES string of the molecule is COC(=O)C(CO)(CCCCCCC(CO)(C(=O)OC)C(=O)OC)C(=O)OC. The van der Waals surface area contributed by atoms with Crippen LogP contribution in [0.4, 0.5) is 0 Å². The number of rotatable bonds is 13. The molecule has 0 aromatic heterocycles. The molecule has 162 valence electrons. The molecule has 0 amide bonds. The Labute approximate surface area is 164 Å². The second-order valence-corrected chi connectivity index (χ2v) is 6.36. The number of esters is 4. The average molecular weight is 406 g/mol. The number of unbranched alkanes of at least 4 members (excludes halogenated alkanes) is 3. The van der Waals surface area contributed by atoms with Crippen molar-refractivity contribution in [3.05, 3.63) is 0 Å². The van der Waals surface area contributed by atoms with Gasteiger partial charge in [-0.25, -0.2) is 0 Å². The van der Waals surface area contributed by atoms with Gasteiger partial charge in [0.1, 0.15) is 0 Å². The third-order valence-electron chi connectivity index (χ3n) is 4.80. The predicted octanol–water partition coefficient (Wildman–Crippen LogP) is -0.0236. The predicted molar refractivity (Wildman–Crippen MR) is 94.8 cm³/mol. The molecule has 2 N–H and O–H groups in total. The lowest BCUT2D eigenvalue weighted by Crippen LogP contribution is -2.44. The minimum Gasteiger partial charge on any atom is -0.468 e. The van der Waals surface area contributed by atoms with Gasteiger partial charge in [0.15, 0.2) is 10.8 Å². The Balaban J connectivity index is 4.83. The van der Waals surface area contributed by atoms with Crippen LogP contribution in [0.15, 0.2) is 0 Å². The maximum absolute atomic E-state index is 12.0. The first-order valence-corrected chi connectivity index (χ1v) is 8.81. The first-order chi connectivity index (χ1) is 13.3. The molecule has 0 radical (unpaired) electrons. The minimum atomic E-state index is -1.78. The van der Waals surface area contributed by atoms with Crippen molar-refractivity contribution in [2.75, 3.05) is 41.7 Å². The van der Waals surface area contributed by atoms with Gasteiger partial charge in [0, 0.05) is 0 Å². The quantitative estimate of drug-likeness (QED) is 0.185. The fraction of sp³-hybridized carbons (Fsp3) is 0.778. The van der Waals surface area contributed by atoms with Crippen LogP contribution in [0.3, 0.4) is 0 Å². The molecule has 10 nitrogen and oxygen atoms in total. The Morgan fingerprint density at radius 2 is 0.821 bits per heavy atom. The van der Waals surface area contributed by atoms with Crippen LogP contribution < -0.4 is 0 Å². The van der Waals surface area contributed by atoms with Gasteiger partial charge in [-0.2, -0.15) is 0 Å². The van der Waals surface area contributed by atoms with Crippen LogP contribution in [0.5, 0.6) is 0 Å². The molecule has 0 spiro atoms. The summed E-state index contributed by atoms with van der Waals surface area (Å²) in [5.41, 5.74) is -3.56. The van der Waals surface area contributed by atoms with Crippen molar-refractivity contribution >= 4 is 23.9 Å². The summed E-state index contributed by atoms with van der Waals surface area (Å²) in [5.74, 6) is -3.51. The molecule has 0 aliphatic rings. The molecule has 0 aliphatic carbocycles. The standard InChI is InChI=1S/C18H30O10/c1-25-13(21)17(11-19,14(22)26-2)9-7-5-6-8-10-18(12-20,15(23)27-3)16(24)28-4/h19-20H,5-12H2,1-4H3. The van der Waals surface area contributed by atoms with E-state index in [0.717, 1.165) is 28.4 Å². The van der Waals surface area contributed by atoms with Crippen molar-refractivity contribution in [1.82, 2.24) is 0 Å². The van der Waals surface area contributed by atoms with E-state index in [-0.39, 0.29) is 12.8 Å². The Morgan fingerprint density at radius 1 is 0.571 bits per heavy atom. The van der Waals surface area contributed by atoms with Crippen LogP contribution in [0, 0.1) is 10.8 Å². The van der Waals surface area contributed by atoms with Gasteiger partial charge in [-0.15, -0.1) is 0 Å². The molecule has 0 atom stereocenters. The maximum Gasteiger partial charge on any atom is 0.325 e. The number of carbonyl (C=O) groups is 4. The first kappa shape index (κ1) is 25.8. The van der Waals surface area contributed by atoms with Crippen molar-refractivity contribution in [1.29, 1.82) is 0 Å². The molecule has 0 aromatic carbocycles. The van der Waals surface area contributed by atoms with Gasteiger partial charge in [0.05, 0.1) is 41.7 Å². The highest BCUT2D eigenvalue weighted by molar-refractivity contribution is 6.00. The summed E-state index contributed by atoms with van der Waals surface area (Å²) in [4.78, 5) is 47.8. The highest BCUT2D eigenvalue weighted by Gasteiger charge is 2.48. The topological polar surface area (TPSA) is 146 Å². The number of aliphatic hydroxyl groups is 2. The molecule has 0 saturated carbocycles. The summed E-state index contributed by atoms with van der Waals surface area (Å²) in [5, 5.41) is 19.1. The molecular formula is C18H30O10. The summed E-state index contributed by atoms with van der Waals surface area (Å²) in [6, 6.07) is 0. The van der Waals surface area contributed by atoms with Crippen LogP contribution >= 0.6 is 0 Å². The summed E-state index contributed by atoms with van der Waals surface area (Å²) < 4.78 is 18.5. The van der Waals surface area contributed by atoms with Crippen LogP contribution in [-0.2, 0) is 38.1 Å². The van der Waals surface area contributed by atoms with Gasteiger partial charge in [0.25, 0.3) is 0 Å². The summed E-state index contributed by atoms with van der Waals surface area (Å²) in [7, 11) is 4.46. The van der Waals surface area contributed by atoms with Crippen molar-refractivity contribution in [3.8, 4) is 0 Å². The van der Waals surface area contributed by atoms with Gasteiger partial charge in [-0.1, -0.05) is 25.7 Å². The molecule has 10 heteroatoms. The smallest absolute Gasteiger partial charge is 0.325 e. The van der Waals surface area contributed by atoms with E-state index in [2.05, 4.69) is 18.9 Å². The molecule has 0 aromatic rings. The zero-order valence-corrected chi connectivity index (χ0v) is 16.8. The molecule has 0 fully saturated rings. The van der Waals surface area contributed by atoms with Crippen molar-refractivity contribution in [2.24, 2.45) is 10.8 Å². The number of aliphatic hydroxyl groups excluding tert-OH is 2. The zero-order chi connectivity index (χ0) is 21.8. The molecule has 0 rings (SSSR count). The van der Waals surface area contributed by atoms with Gasteiger partial charge in [-0.05, 0) is 12.8 Å². The molecule has 0 unspecified atom stereocenters. The fourth-order valence-electron chi connectivity index (χ4n) is 2.98. The van der Waals surface area contributed by atoms with E-state index in [0.29, 0.717) is 25.7 Å². The lowest BCUT2D eigenvalue weighted by molar-refractivity contribution is -0.175. The monoisotopic (exact) mass is 406 g/mol. The highest BCUT2D eigenvalue weighted by atomic mass is 16.6. The van der Waals surface area contributed by atoms with Gasteiger partial charge >= 0.3 is 23.9 Å². The normalized spacial score (nSPS) is 11.5. The number of methoxy groups -OCH3 is 4. The molecule has 0 heterocycles. The number of ether oxygens (including phenoxy) is 4. The van der Waals surface area contributed by atoms with Crippen LogP contribution in [0.1, 0.15) is 38.5 Å². The van der Waals surface area contributed by atoms with Crippen LogP contribution in [0.25, 0.3) is 0 Å². The first-order valence-electron chi connectivity index (χ1n) is 8.81. The van der Waals surface area contributed by atoms with Gasteiger partial charge in [0.2, 0.25) is 0 Å². The Hall–Kier alpha value is -2.20. The van der Waals surface area contributed by atoms with Crippen LogP contribution in [0.2, 0.25) is 0 Å². The second-order valence-electron chi connectivity index (χ2n) is 6.36. The number of hydrogen-bond acceptors (Lipinski definition) is 10. The Morgan fingerprint density at radius 3 is 1.00 bits per heavy atom. The lowest BCUT2D eigenvalue weighted by Gasteiger charge is -2.26. The van der Waals surface area contributed by atoms with Crippen molar-refractivity contribution < 1.29 is 48.3 Å². The highest BCUT2D eigenvalue weighted by Crippen LogP contribution is 2.31. The van der Waals surface area contributed by atoms with E-state index in [1.54, 1.807) is 0 Å². The third-order valence-corrected chi connectivity index (χ3v) is 4.80. The fourth-order valence-corrected chi connectivity index (χ4v) is 2.98. The van der Waals surface area contributed by atoms with Gasteiger partial charge in [-0.3, -0.25) is 19.2 Å². The Kier molecular flexibility index (Phi) is 11.3. The van der Waals surface area contributed by atoms with Crippen molar-refractivity contribution in [2.45, 2.75) is 38.5 Å². The second kappa shape index (κ2) is 12.3. The largest absolute Gasteiger partial charge is 0.468 e. The van der Waals surface area contributed by atoms with E-state index in [9.17, 15) is 29.4 Å². The number of hydrogen-bond donors (Lipinski definition) is 2. The van der Waals surface area contributed by atoms with Crippen LogP contribution in [-0.4, -0.2) is 75.7 Å². The van der Waals surface area contributed by atoms with E-state index >= 15 is 0 Å². The average Bonchev–Trinajstić information content (AvgIpc) is 2.74. The molecule has 28 heavy (non-hydrogen) atoms. The molecule has 0 saturated heterocycles. The summed E-state index contributed by atoms with van der Waals surface area (Å²) in [6.07, 6.45) is 1.85. The molecule has 0 aliphatic heterocycles. The zero-order valence-electron chi connectivity index (χ0n) is 16.8. The number of carbonyl (C=O) groups excluding carboxylic acids is 4. The van der Waals surface area contributed by atoms with Gasteiger partial charge < -0.3 is 29.2 Å². The van der Waals surface area contributed by atoms with E-state index in [4.69, 9.17) is 0 Å². The van der Waals surface area contributed by atoms with Crippen molar-refractivity contribution in [3.63, 3.8) is 0 Å². The van der Waals surface area contributed by atoms with E-state index in [1.807, 2.05) is 0 Å². The lowest BCUT2D eigenvalue weighted by atomic mass is 9.81. The summed E-state index contributed by atoms with van der Waals surface area (Å²) >= 11 is 0.